The summed E-state index contributed by atoms with van der Waals surface area (Å²) in [6.07, 6.45) is 2.27. The monoisotopic (exact) mass is 264 g/mol. The molecule has 0 aliphatic heterocycles. The van der Waals surface area contributed by atoms with E-state index < -0.39 is 0 Å². The van der Waals surface area contributed by atoms with Gasteiger partial charge in [-0.15, -0.1) is 0 Å². The number of aromatic nitrogens is 2. The average Bonchev–Trinajstić information content (AvgIpc) is 2.31. The molecule has 0 fully saturated rings. The fourth-order valence-electron chi connectivity index (χ4n) is 2.17. The van der Waals surface area contributed by atoms with E-state index in [4.69, 9.17) is 0 Å². The van der Waals surface area contributed by atoms with Crippen molar-refractivity contribution in [3.05, 3.63) is 11.4 Å². The third-order valence-corrected chi connectivity index (χ3v) is 3.25. The van der Waals surface area contributed by atoms with Gasteiger partial charge in [-0.25, -0.2) is 9.97 Å². The van der Waals surface area contributed by atoms with Crippen LogP contribution >= 0.6 is 0 Å². The van der Waals surface area contributed by atoms with Gasteiger partial charge in [-0.3, -0.25) is 0 Å². The molecule has 0 aliphatic carbocycles. The highest BCUT2D eigenvalue weighted by atomic mass is 15.1. The minimum Gasteiger partial charge on any atom is -0.373 e. The second-order valence-corrected chi connectivity index (χ2v) is 6.07. The molecule has 2 N–H and O–H groups in total. The van der Waals surface area contributed by atoms with E-state index in [0.717, 1.165) is 35.9 Å². The lowest BCUT2D eigenvalue weighted by Crippen LogP contribution is -2.31. The van der Waals surface area contributed by atoms with Crippen molar-refractivity contribution >= 4 is 11.6 Å². The maximum atomic E-state index is 4.69. The Morgan fingerprint density at radius 3 is 2.21 bits per heavy atom. The first-order chi connectivity index (χ1) is 8.80. The molecule has 0 atom stereocenters. The fraction of sp³-hybridized carbons (Fsp3) is 0.733. The van der Waals surface area contributed by atoms with Gasteiger partial charge < -0.3 is 10.6 Å². The maximum absolute atomic E-state index is 4.69. The Morgan fingerprint density at radius 2 is 1.74 bits per heavy atom. The summed E-state index contributed by atoms with van der Waals surface area (Å²) in [5, 5.41) is 6.72. The lowest BCUT2D eigenvalue weighted by atomic mass is 9.98. The average molecular weight is 264 g/mol. The SMILES string of the molecule is CCCC(C)(C)Nc1nc(C(C)C)nc(NC)c1C. The predicted octanol–water partition coefficient (Wildman–Crippen LogP) is 3.94. The second kappa shape index (κ2) is 6.22. The van der Waals surface area contributed by atoms with Crippen molar-refractivity contribution in [2.45, 2.75) is 65.8 Å². The van der Waals surface area contributed by atoms with Crippen molar-refractivity contribution in [2.75, 3.05) is 17.7 Å². The first kappa shape index (κ1) is 15.7. The summed E-state index contributed by atoms with van der Waals surface area (Å²) in [5.74, 6) is 3.06. The lowest BCUT2D eigenvalue weighted by molar-refractivity contribution is 0.508. The number of hydrogen-bond donors (Lipinski definition) is 2. The zero-order chi connectivity index (χ0) is 14.6. The van der Waals surface area contributed by atoms with Crippen LogP contribution in [0.4, 0.5) is 11.6 Å². The van der Waals surface area contributed by atoms with Crippen molar-refractivity contribution in [1.82, 2.24) is 9.97 Å². The van der Waals surface area contributed by atoms with Gasteiger partial charge >= 0.3 is 0 Å². The molecule has 0 aromatic carbocycles. The van der Waals surface area contributed by atoms with Gasteiger partial charge in [-0.1, -0.05) is 27.2 Å². The Labute approximate surface area is 117 Å². The van der Waals surface area contributed by atoms with Gasteiger partial charge in [0, 0.05) is 24.1 Å². The smallest absolute Gasteiger partial charge is 0.135 e. The van der Waals surface area contributed by atoms with E-state index in [1.165, 1.54) is 0 Å². The van der Waals surface area contributed by atoms with Crippen LogP contribution in [0.3, 0.4) is 0 Å². The molecule has 0 radical (unpaired) electrons. The molecule has 0 saturated carbocycles. The molecular weight excluding hydrogens is 236 g/mol. The van der Waals surface area contributed by atoms with E-state index in [1.807, 2.05) is 7.05 Å². The molecule has 0 amide bonds. The first-order valence-corrected chi connectivity index (χ1v) is 7.15. The summed E-state index contributed by atoms with van der Waals surface area (Å²) >= 11 is 0. The fourth-order valence-corrected chi connectivity index (χ4v) is 2.17. The Kier molecular flexibility index (Phi) is 5.15. The van der Waals surface area contributed by atoms with E-state index in [2.05, 4.69) is 62.1 Å². The van der Waals surface area contributed by atoms with Gasteiger partial charge in [0.15, 0.2) is 0 Å². The molecule has 1 aromatic rings. The van der Waals surface area contributed by atoms with Crippen LogP contribution in [-0.4, -0.2) is 22.6 Å². The van der Waals surface area contributed by atoms with Crippen LogP contribution in [0.15, 0.2) is 0 Å². The highest BCUT2D eigenvalue weighted by Gasteiger charge is 2.20. The number of hydrogen-bond acceptors (Lipinski definition) is 4. The van der Waals surface area contributed by atoms with Crippen molar-refractivity contribution in [3.8, 4) is 0 Å². The molecule has 4 heteroatoms. The van der Waals surface area contributed by atoms with Crippen LogP contribution in [0.5, 0.6) is 0 Å². The molecule has 0 aliphatic rings. The molecule has 0 spiro atoms. The van der Waals surface area contributed by atoms with E-state index in [9.17, 15) is 0 Å². The van der Waals surface area contributed by atoms with Crippen LogP contribution in [0.25, 0.3) is 0 Å². The van der Waals surface area contributed by atoms with Crippen molar-refractivity contribution < 1.29 is 0 Å². The van der Waals surface area contributed by atoms with Gasteiger partial charge in [0.25, 0.3) is 0 Å². The third-order valence-electron chi connectivity index (χ3n) is 3.25. The van der Waals surface area contributed by atoms with Crippen LogP contribution in [-0.2, 0) is 0 Å². The van der Waals surface area contributed by atoms with Crippen LogP contribution in [0.2, 0.25) is 0 Å². The normalized spacial score (nSPS) is 11.8. The summed E-state index contributed by atoms with van der Waals surface area (Å²) in [7, 11) is 1.90. The Hall–Kier alpha value is -1.32. The summed E-state index contributed by atoms with van der Waals surface area (Å²) in [5.41, 5.74) is 1.13. The number of rotatable bonds is 6. The zero-order valence-corrected chi connectivity index (χ0v) is 13.4. The molecule has 4 nitrogen and oxygen atoms in total. The highest BCUT2D eigenvalue weighted by Crippen LogP contribution is 2.26. The van der Waals surface area contributed by atoms with Crippen molar-refractivity contribution in [3.63, 3.8) is 0 Å². The predicted molar refractivity (Wildman–Crippen MR) is 83.0 cm³/mol. The van der Waals surface area contributed by atoms with Crippen molar-refractivity contribution in [1.29, 1.82) is 0 Å². The Balaban J connectivity index is 3.15. The molecule has 0 bridgehead atoms. The maximum Gasteiger partial charge on any atom is 0.135 e. The third kappa shape index (κ3) is 4.08. The van der Waals surface area contributed by atoms with Gasteiger partial charge in [0.1, 0.15) is 17.5 Å². The van der Waals surface area contributed by atoms with Gasteiger partial charge in [-0.2, -0.15) is 0 Å². The summed E-state index contributed by atoms with van der Waals surface area (Å²) < 4.78 is 0. The molecule has 0 saturated heterocycles. The topological polar surface area (TPSA) is 49.8 Å². The number of anilines is 2. The second-order valence-electron chi connectivity index (χ2n) is 6.07. The largest absolute Gasteiger partial charge is 0.373 e. The molecule has 0 unspecified atom stereocenters. The summed E-state index contributed by atoms with van der Waals surface area (Å²) in [4.78, 5) is 9.25. The van der Waals surface area contributed by atoms with E-state index in [1.54, 1.807) is 0 Å². The standard InChI is InChI=1S/C15H28N4/c1-8-9-15(5,6)19-14-11(4)13(16-7)17-12(18-14)10(2)3/h10H,8-9H2,1-7H3,(H2,16,17,18,19). The van der Waals surface area contributed by atoms with Crippen molar-refractivity contribution in [2.24, 2.45) is 0 Å². The summed E-state index contributed by atoms with van der Waals surface area (Å²) in [6.45, 7) is 12.9. The molecule has 1 rings (SSSR count). The minimum atomic E-state index is 0.0487. The van der Waals surface area contributed by atoms with Crippen LogP contribution < -0.4 is 10.6 Å². The number of nitrogens with one attached hydrogen (secondary N) is 2. The van der Waals surface area contributed by atoms with Gasteiger partial charge in [-0.05, 0) is 27.2 Å². The minimum absolute atomic E-state index is 0.0487. The van der Waals surface area contributed by atoms with Crippen LogP contribution in [0, 0.1) is 6.92 Å². The number of nitrogens with zero attached hydrogens (tertiary/aromatic N) is 2. The first-order valence-electron chi connectivity index (χ1n) is 7.15. The summed E-state index contributed by atoms with van der Waals surface area (Å²) in [6, 6.07) is 0. The van der Waals surface area contributed by atoms with E-state index >= 15 is 0 Å². The van der Waals surface area contributed by atoms with E-state index in [0.29, 0.717) is 5.92 Å². The molecule has 1 aromatic heterocycles. The van der Waals surface area contributed by atoms with Crippen LogP contribution in [0.1, 0.15) is 64.8 Å². The Morgan fingerprint density at radius 1 is 1.16 bits per heavy atom. The van der Waals surface area contributed by atoms with Gasteiger partial charge in [0.2, 0.25) is 0 Å². The quantitative estimate of drug-likeness (QED) is 0.817. The molecule has 108 valence electrons. The Bertz CT molecular complexity index is 424. The van der Waals surface area contributed by atoms with E-state index in [-0.39, 0.29) is 5.54 Å². The molecule has 19 heavy (non-hydrogen) atoms. The molecular formula is C15H28N4. The lowest BCUT2D eigenvalue weighted by Gasteiger charge is -2.28. The highest BCUT2D eigenvalue weighted by molar-refractivity contribution is 5.58. The zero-order valence-electron chi connectivity index (χ0n) is 13.4. The van der Waals surface area contributed by atoms with Gasteiger partial charge in [0.05, 0.1) is 0 Å². The molecule has 1 heterocycles.